The molecular weight excluding hydrogens is 583 g/mol. The van der Waals surface area contributed by atoms with Crippen molar-refractivity contribution in [3.05, 3.63) is 124 Å². The van der Waals surface area contributed by atoms with Crippen LogP contribution in [0.25, 0.3) is 6.08 Å². The Kier molecular flexibility index (Phi) is 8.63. The van der Waals surface area contributed by atoms with Gasteiger partial charge in [-0.3, -0.25) is 9.36 Å². The summed E-state index contributed by atoms with van der Waals surface area (Å²) in [7, 11) is 1.56. The van der Waals surface area contributed by atoms with Crippen LogP contribution in [-0.2, 0) is 16.1 Å². The number of para-hydroxylation sites is 1. The third kappa shape index (κ3) is 5.81. The van der Waals surface area contributed by atoms with E-state index in [2.05, 4.69) is 4.99 Å². The Morgan fingerprint density at radius 3 is 2.61 bits per heavy atom. The van der Waals surface area contributed by atoms with Crippen LogP contribution in [0.5, 0.6) is 11.5 Å². The molecule has 3 aromatic carbocycles. The highest BCUT2D eigenvalue weighted by molar-refractivity contribution is 7.07. The zero-order valence-electron chi connectivity index (χ0n) is 22.5. The summed E-state index contributed by atoms with van der Waals surface area (Å²) >= 11 is 14.0. The molecule has 4 aromatic rings. The Morgan fingerprint density at radius 1 is 1.10 bits per heavy atom. The van der Waals surface area contributed by atoms with Gasteiger partial charge in [0.15, 0.2) is 16.3 Å². The number of hydrogen-bond acceptors (Lipinski definition) is 7. The van der Waals surface area contributed by atoms with Gasteiger partial charge >= 0.3 is 5.97 Å². The Morgan fingerprint density at radius 2 is 1.88 bits per heavy atom. The zero-order valence-corrected chi connectivity index (χ0v) is 24.8. The highest BCUT2D eigenvalue weighted by Crippen LogP contribution is 2.35. The van der Waals surface area contributed by atoms with E-state index in [0.717, 1.165) is 5.56 Å². The van der Waals surface area contributed by atoms with Gasteiger partial charge in [0.05, 0.1) is 29.5 Å². The molecule has 0 fully saturated rings. The Bertz CT molecular complexity index is 1840. The number of carbonyl (C=O) groups excluding carboxylic acids is 1. The lowest BCUT2D eigenvalue weighted by atomic mass is 9.96. The van der Waals surface area contributed by atoms with Crippen molar-refractivity contribution in [3.8, 4) is 11.5 Å². The minimum Gasteiger partial charge on any atom is -0.493 e. The van der Waals surface area contributed by atoms with E-state index in [1.54, 1.807) is 57.4 Å². The van der Waals surface area contributed by atoms with Crippen LogP contribution in [0.15, 0.2) is 87.8 Å². The van der Waals surface area contributed by atoms with Crippen LogP contribution >= 0.6 is 34.5 Å². The first-order valence-corrected chi connectivity index (χ1v) is 14.4. The predicted octanol–water partition coefficient (Wildman–Crippen LogP) is 5.69. The third-order valence-electron chi connectivity index (χ3n) is 6.50. The molecule has 0 N–H and O–H groups in total. The quantitative estimate of drug-likeness (QED) is 0.240. The van der Waals surface area contributed by atoms with Gasteiger partial charge < -0.3 is 14.2 Å². The lowest BCUT2D eigenvalue weighted by Gasteiger charge is -2.25. The van der Waals surface area contributed by atoms with Gasteiger partial charge in [-0.05, 0) is 55.3 Å². The molecule has 210 valence electrons. The van der Waals surface area contributed by atoms with Gasteiger partial charge in [-0.1, -0.05) is 77.0 Å². The third-order valence-corrected chi connectivity index (χ3v) is 8.07. The standard InChI is InChI=1S/C31H26Cl2N2O5S/c1-4-39-30(37)26-18(2)34-31-35(27(26)22-12-5-6-13-23(22)33)29(36)25(41-31)16-20-10-8-14-24(38-3)28(20)40-17-19-9-7-11-21(32)15-19/h5-16,27H,4,17H2,1-3H3/b25-16-/t27-/m1/s1. The van der Waals surface area contributed by atoms with Crippen molar-refractivity contribution >= 4 is 46.6 Å². The van der Waals surface area contributed by atoms with Crippen molar-refractivity contribution in [1.29, 1.82) is 0 Å². The molecule has 0 spiro atoms. The van der Waals surface area contributed by atoms with E-state index >= 15 is 0 Å². The summed E-state index contributed by atoms with van der Waals surface area (Å²) in [6.07, 6.45) is 1.74. The molecule has 0 bridgehead atoms. The zero-order chi connectivity index (χ0) is 29.1. The molecule has 41 heavy (non-hydrogen) atoms. The summed E-state index contributed by atoms with van der Waals surface area (Å²) in [5.41, 5.74) is 2.55. The molecular formula is C31H26Cl2N2O5S. The molecule has 10 heteroatoms. The lowest BCUT2D eigenvalue weighted by Crippen LogP contribution is -2.40. The molecule has 1 atom stereocenters. The fraction of sp³-hybridized carbons (Fsp3) is 0.194. The van der Waals surface area contributed by atoms with E-state index in [4.69, 9.17) is 37.4 Å². The van der Waals surface area contributed by atoms with Crippen LogP contribution in [0.1, 0.15) is 36.6 Å². The van der Waals surface area contributed by atoms with Gasteiger partial charge in [0.25, 0.3) is 5.56 Å². The molecule has 0 unspecified atom stereocenters. The highest BCUT2D eigenvalue weighted by Gasteiger charge is 2.34. The van der Waals surface area contributed by atoms with Crippen molar-refractivity contribution in [2.75, 3.05) is 13.7 Å². The maximum atomic E-state index is 14.0. The number of fused-ring (bicyclic) bond motifs is 1. The number of halogens is 2. The Labute approximate surface area is 250 Å². The second kappa shape index (κ2) is 12.3. The fourth-order valence-corrected chi connectivity index (χ4v) is 6.16. The minimum atomic E-state index is -0.801. The molecule has 7 nitrogen and oxygen atoms in total. The van der Waals surface area contributed by atoms with Crippen LogP contribution in [-0.4, -0.2) is 24.3 Å². The Hall–Kier alpha value is -3.85. The van der Waals surface area contributed by atoms with Gasteiger partial charge in [0, 0.05) is 15.6 Å². The summed E-state index contributed by atoms with van der Waals surface area (Å²) in [6, 6.07) is 19.2. The van der Waals surface area contributed by atoms with Crippen LogP contribution in [0.3, 0.4) is 0 Å². The van der Waals surface area contributed by atoms with Gasteiger partial charge in [0.1, 0.15) is 12.6 Å². The minimum absolute atomic E-state index is 0.184. The number of aromatic nitrogens is 1. The summed E-state index contributed by atoms with van der Waals surface area (Å²) in [4.78, 5) is 32.2. The van der Waals surface area contributed by atoms with Gasteiger partial charge in [-0.2, -0.15) is 0 Å². The van der Waals surface area contributed by atoms with Crippen molar-refractivity contribution in [2.45, 2.75) is 26.5 Å². The van der Waals surface area contributed by atoms with Gasteiger partial charge in [-0.15, -0.1) is 0 Å². The molecule has 5 rings (SSSR count). The summed E-state index contributed by atoms with van der Waals surface area (Å²) in [5, 5.41) is 1.03. The average molecular weight is 610 g/mol. The first-order chi connectivity index (χ1) is 19.8. The van der Waals surface area contributed by atoms with E-state index < -0.39 is 12.0 Å². The number of benzene rings is 3. The molecule has 0 aliphatic carbocycles. The topological polar surface area (TPSA) is 79.1 Å². The van der Waals surface area contributed by atoms with Gasteiger partial charge in [-0.25, -0.2) is 9.79 Å². The van der Waals surface area contributed by atoms with E-state index in [9.17, 15) is 9.59 Å². The number of thiazole rings is 1. The number of methoxy groups -OCH3 is 1. The normalized spacial score (nSPS) is 14.9. The second-order valence-electron chi connectivity index (χ2n) is 9.12. The predicted molar refractivity (Wildman–Crippen MR) is 161 cm³/mol. The average Bonchev–Trinajstić information content (AvgIpc) is 3.26. The van der Waals surface area contributed by atoms with Crippen LogP contribution in [0, 0.1) is 0 Å². The SMILES string of the molecule is CCOC(=O)C1=C(C)N=c2s/c(=C\c3cccc(OC)c3OCc3cccc(Cl)c3)c(=O)n2[C@@H]1c1ccccc1Cl. The van der Waals surface area contributed by atoms with E-state index in [-0.39, 0.29) is 24.3 Å². The molecule has 1 aliphatic heterocycles. The Balaban J connectivity index is 1.65. The maximum Gasteiger partial charge on any atom is 0.338 e. The van der Waals surface area contributed by atoms with Crippen molar-refractivity contribution < 1.29 is 19.0 Å². The molecule has 1 aliphatic rings. The summed E-state index contributed by atoms with van der Waals surface area (Å²) < 4.78 is 19.0. The van der Waals surface area contributed by atoms with Crippen molar-refractivity contribution in [1.82, 2.24) is 4.57 Å². The summed E-state index contributed by atoms with van der Waals surface area (Å²) in [5.74, 6) is 0.451. The number of hydrogen-bond donors (Lipinski definition) is 0. The smallest absolute Gasteiger partial charge is 0.338 e. The fourth-order valence-electron chi connectivity index (χ4n) is 4.67. The van der Waals surface area contributed by atoms with E-state index in [0.29, 0.717) is 47.7 Å². The first kappa shape index (κ1) is 28.7. The van der Waals surface area contributed by atoms with Gasteiger partial charge in [0.2, 0.25) is 0 Å². The molecule has 0 radical (unpaired) electrons. The first-order valence-electron chi connectivity index (χ1n) is 12.8. The molecule has 1 aromatic heterocycles. The van der Waals surface area contributed by atoms with E-state index in [1.165, 1.54) is 15.9 Å². The number of carbonyl (C=O) groups is 1. The molecule has 0 saturated carbocycles. The molecule has 0 amide bonds. The monoisotopic (exact) mass is 608 g/mol. The van der Waals surface area contributed by atoms with Crippen molar-refractivity contribution in [3.63, 3.8) is 0 Å². The largest absolute Gasteiger partial charge is 0.493 e. The van der Waals surface area contributed by atoms with Crippen molar-refractivity contribution in [2.24, 2.45) is 4.99 Å². The highest BCUT2D eigenvalue weighted by atomic mass is 35.5. The summed E-state index contributed by atoms with van der Waals surface area (Å²) in [6.45, 7) is 3.89. The van der Waals surface area contributed by atoms with Crippen LogP contribution < -0.4 is 24.4 Å². The van der Waals surface area contributed by atoms with E-state index in [1.807, 2.05) is 36.4 Å². The number of allylic oxidation sites excluding steroid dienone is 1. The lowest BCUT2D eigenvalue weighted by molar-refractivity contribution is -0.139. The number of rotatable bonds is 8. The van der Waals surface area contributed by atoms with Crippen LogP contribution in [0.4, 0.5) is 0 Å². The number of nitrogens with zero attached hydrogens (tertiary/aromatic N) is 2. The molecule has 2 heterocycles. The number of ether oxygens (including phenoxy) is 3. The second-order valence-corrected chi connectivity index (χ2v) is 11.0. The maximum absolute atomic E-state index is 14.0. The number of esters is 1. The van der Waals surface area contributed by atoms with Crippen LogP contribution in [0.2, 0.25) is 10.0 Å². The molecule has 0 saturated heterocycles.